The number of aliphatic hydroxyl groups excluding tert-OH is 3. The molecule has 0 heterocycles. The lowest BCUT2D eigenvalue weighted by Gasteiger charge is -2.44. The van der Waals surface area contributed by atoms with E-state index >= 15 is 0 Å². The van der Waals surface area contributed by atoms with Gasteiger partial charge in [-0.25, -0.2) is 13.7 Å². The summed E-state index contributed by atoms with van der Waals surface area (Å²) in [5.74, 6) is -1.36. The first kappa shape index (κ1) is 59.4. The second kappa shape index (κ2) is 33.8. The number of esters is 2. The van der Waals surface area contributed by atoms with Gasteiger partial charge in [0.05, 0.1) is 6.61 Å². The molecule has 0 aromatic heterocycles. The van der Waals surface area contributed by atoms with Crippen LogP contribution in [0.2, 0.25) is 0 Å². The number of carbonyl (C=O) groups is 2. The number of rotatable bonds is 37. The molecule has 1 unspecified atom stereocenters. The van der Waals surface area contributed by atoms with E-state index in [-0.39, 0.29) is 12.8 Å². The molecule has 0 aromatic rings. The highest BCUT2D eigenvalue weighted by Crippen LogP contribution is 2.51. The SMILES string of the molecule is CC/C=C/C/C=C/C/C=C/CCCC(=O)O[C@H](COC(=O)CCCCCCCCCCCCCCCCC)COP(=O)(O)O[C@@H]1[C@H](O)[C@H](O)[C@@H](OP(=O)(O)O)[C@H](OP(=O)(O)O)[C@H]1O. The van der Waals surface area contributed by atoms with Crippen molar-refractivity contribution in [3.63, 3.8) is 0 Å². The molecule has 22 heteroatoms. The summed E-state index contributed by atoms with van der Waals surface area (Å²) >= 11 is 0. The van der Waals surface area contributed by atoms with E-state index in [1.165, 1.54) is 64.2 Å². The first-order valence-corrected chi connectivity index (χ1v) is 26.8. The van der Waals surface area contributed by atoms with E-state index in [1.54, 1.807) is 0 Å². The highest BCUT2D eigenvalue weighted by Gasteiger charge is 2.56. The molecule has 1 aliphatic rings. The third-order valence-electron chi connectivity index (χ3n) is 9.96. The van der Waals surface area contributed by atoms with Crippen LogP contribution >= 0.6 is 23.5 Å². The first-order valence-electron chi connectivity index (χ1n) is 22.3. The van der Waals surface area contributed by atoms with Crippen LogP contribution in [-0.2, 0) is 50.9 Å². The number of aliphatic hydroxyl groups is 3. The number of phosphoric ester groups is 3. The fraction of sp³-hybridized carbons (Fsp3) is 0.805. The summed E-state index contributed by atoms with van der Waals surface area (Å²) in [5, 5.41) is 31.8. The Morgan fingerprint density at radius 3 is 1.48 bits per heavy atom. The second-order valence-corrected chi connectivity index (χ2v) is 19.4. The van der Waals surface area contributed by atoms with Crippen molar-refractivity contribution >= 4 is 35.4 Å². The Kier molecular flexibility index (Phi) is 31.8. The molecule has 0 amide bonds. The Labute approximate surface area is 372 Å². The summed E-state index contributed by atoms with van der Waals surface area (Å²) in [5.41, 5.74) is 0. The zero-order valence-electron chi connectivity index (χ0n) is 36.9. The fourth-order valence-corrected chi connectivity index (χ4v) is 8.76. The van der Waals surface area contributed by atoms with E-state index in [0.29, 0.717) is 25.7 Å². The van der Waals surface area contributed by atoms with Gasteiger partial charge in [-0.05, 0) is 38.5 Å². The molecule has 0 spiro atoms. The molecule has 0 radical (unpaired) electrons. The maximum atomic E-state index is 13.1. The van der Waals surface area contributed by atoms with Crippen LogP contribution < -0.4 is 0 Å². The van der Waals surface area contributed by atoms with Crippen LogP contribution in [0.3, 0.4) is 0 Å². The maximum Gasteiger partial charge on any atom is 0.472 e. The third-order valence-corrected chi connectivity index (χ3v) is 12.0. The highest BCUT2D eigenvalue weighted by atomic mass is 31.2. The van der Waals surface area contributed by atoms with Crippen molar-refractivity contribution < 1.29 is 90.6 Å². The van der Waals surface area contributed by atoms with E-state index < -0.39 is 91.3 Å². The van der Waals surface area contributed by atoms with Crippen molar-refractivity contribution in [3.8, 4) is 0 Å². The van der Waals surface area contributed by atoms with Crippen LogP contribution in [-0.4, -0.2) is 108 Å². The summed E-state index contributed by atoms with van der Waals surface area (Å²) in [6, 6.07) is 0. The van der Waals surface area contributed by atoms with Crippen LogP contribution in [0.5, 0.6) is 0 Å². The largest absolute Gasteiger partial charge is 0.472 e. The molecule has 8 atom stereocenters. The average molecular weight is 965 g/mol. The first-order chi connectivity index (χ1) is 29.8. The van der Waals surface area contributed by atoms with Crippen LogP contribution in [0.1, 0.15) is 155 Å². The molecule has 1 fully saturated rings. The molecule has 0 aromatic carbocycles. The van der Waals surface area contributed by atoms with Crippen molar-refractivity contribution in [3.05, 3.63) is 36.5 Å². The van der Waals surface area contributed by atoms with Crippen molar-refractivity contribution in [2.75, 3.05) is 13.2 Å². The lowest BCUT2D eigenvalue weighted by molar-refractivity contribution is -0.213. The van der Waals surface area contributed by atoms with Gasteiger partial charge in [0.15, 0.2) is 6.10 Å². The second-order valence-electron chi connectivity index (χ2n) is 15.6. The number of unbranched alkanes of at least 4 members (excludes halogenated alkanes) is 15. The van der Waals surface area contributed by atoms with Crippen molar-refractivity contribution in [2.45, 2.75) is 198 Å². The number of phosphoric acid groups is 3. The van der Waals surface area contributed by atoms with Gasteiger partial charge in [-0.3, -0.25) is 27.7 Å². The van der Waals surface area contributed by atoms with Gasteiger partial charge in [0.2, 0.25) is 0 Å². The zero-order valence-corrected chi connectivity index (χ0v) is 39.6. The van der Waals surface area contributed by atoms with Gasteiger partial charge in [-0.2, -0.15) is 0 Å². The van der Waals surface area contributed by atoms with Gasteiger partial charge in [0.1, 0.15) is 43.2 Å². The molecule has 1 rings (SSSR count). The van der Waals surface area contributed by atoms with Gasteiger partial charge in [0.25, 0.3) is 0 Å². The van der Waals surface area contributed by atoms with Crippen LogP contribution in [0, 0.1) is 0 Å². The monoisotopic (exact) mass is 964 g/mol. The van der Waals surface area contributed by atoms with Crippen molar-refractivity contribution in [1.29, 1.82) is 0 Å². The number of allylic oxidation sites excluding steroid dienone is 6. The highest BCUT2D eigenvalue weighted by molar-refractivity contribution is 7.47. The molecule has 0 saturated heterocycles. The summed E-state index contributed by atoms with van der Waals surface area (Å²) in [4.78, 5) is 72.9. The molecule has 0 aliphatic heterocycles. The molecule has 1 saturated carbocycles. The Bertz CT molecular complexity index is 1480. The van der Waals surface area contributed by atoms with E-state index in [2.05, 4.69) is 35.0 Å². The number of carbonyl (C=O) groups excluding carboxylic acids is 2. The molecule has 0 bridgehead atoms. The van der Waals surface area contributed by atoms with Gasteiger partial charge in [-0.1, -0.05) is 140 Å². The van der Waals surface area contributed by atoms with Crippen molar-refractivity contribution in [2.24, 2.45) is 0 Å². The predicted molar refractivity (Wildman–Crippen MR) is 234 cm³/mol. The minimum absolute atomic E-state index is 0.0721. The average Bonchev–Trinajstić information content (AvgIpc) is 3.20. The summed E-state index contributed by atoms with van der Waals surface area (Å²) in [6.45, 7) is 2.76. The predicted octanol–water partition coefficient (Wildman–Crippen LogP) is 7.29. The quantitative estimate of drug-likeness (QED) is 0.0131. The molecule has 63 heavy (non-hydrogen) atoms. The molecule has 19 nitrogen and oxygen atoms in total. The van der Waals surface area contributed by atoms with Crippen LogP contribution in [0.4, 0.5) is 0 Å². The van der Waals surface area contributed by atoms with E-state index in [4.69, 9.17) is 18.5 Å². The normalized spacial score (nSPS) is 22.5. The number of ether oxygens (including phenoxy) is 2. The Balaban J connectivity index is 2.77. The zero-order chi connectivity index (χ0) is 47.2. The van der Waals surface area contributed by atoms with Crippen molar-refractivity contribution in [1.82, 2.24) is 0 Å². The van der Waals surface area contributed by atoms with E-state index in [0.717, 1.165) is 38.5 Å². The fourth-order valence-electron chi connectivity index (χ4n) is 6.66. The molecular formula is C41H75O19P3. The summed E-state index contributed by atoms with van der Waals surface area (Å²) in [6.07, 6.45) is 16.4. The van der Waals surface area contributed by atoms with E-state index in [1.807, 2.05) is 24.3 Å². The Morgan fingerprint density at radius 1 is 0.524 bits per heavy atom. The summed E-state index contributed by atoms with van der Waals surface area (Å²) in [7, 11) is -16.6. The lowest BCUT2D eigenvalue weighted by Crippen LogP contribution is -2.65. The molecule has 1 aliphatic carbocycles. The molecule has 368 valence electrons. The minimum Gasteiger partial charge on any atom is -0.462 e. The minimum atomic E-state index is -5.60. The number of hydrogen-bond acceptors (Lipinski definition) is 14. The van der Waals surface area contributed by atoms with Crippen LogP contribution in [0.15, 0.2) is 36.5 Å². The lowest BCUT2D eigenvalue weighted by atomic mass is 9.85. The third kappa shape index (κ3) is 30.3. The van der Waals surface area contributed by atoms with E-state index in [9.17, 15) is 63.1 Å². The summed E-state index contributed by atoms with van der Waals surface area (Å²) < 4.78 is 65.2. The van der Waals surface area contributed by atoms with Crippen LogP contribution in [0.25, 0.3) is 0 Å². The molecule has 8 N–H and O–H groups in total. The Hall–Kier alpha value is -1.63. The Morgan fingerprint density at radius 2 is 0.968 bits per heavy atom. The topological polar surface area (TPSA) is 303 Å². The maximum absolute atomic E-state index is 13.1. The number of hydrogen-bond donors (Lipinski definition) is 8. The van der Waals surface area contributed by atoms with Gasteiger partial charge >= 0.3 is 35.4 Å². The molecular weight excluding hydrogens is 889 g/mol. The van der Waals surface area contributed by atoms with Gasteiger partial charge in [0, 0.05) is 12.8 Å². The van der Waals surface area contributed by atoms with Gasteiger partial charge < -0.3 is 49.3 Å². The van der Waals surface area contributed by atoms with Gasteiger partial charge in [-0.15, -0.1) is 0 Å². The smallest absolute Gasteiger partial charge is 0.462 e. The standard InChI is InChI=1S/C41H75O19P3/c1-3-5-7-9-11-13-15-16-17-18-20-21-23-25-27-29-34(42)55-31-33(57-35(43)30-28-26-24-22-19-14-12-10-8-6-4-2)32-56-63(53,54)60-39-36(44)37(45)40(58-61(47,48)49)41(38(39)46)59-62(50,51)52/h6,8,12,14,22,24,33,36-41,44-46H,3-5,7,9-11,13,15-21,23,25-32H2,1-2H3,(H,53,54)(H2,47,48,49)(H2,50,51,52)/b8-6+,14-12+,24-22+/t33-,36-,37+,38+,39-,40-,41-/m1/s1.